The largest absolute Gasteiger partial charge is 0.490 e. The first-order valence-electron chi connectivity index (χ1n) is 8.28. The number of hydrogen-bond acceptors (Lipinski definition) is 6. The smallest absolute Gasteiger partial charge is 0.475 e. The van der Waals surface area contributed by atoms with Crippen molar-refractivity contribution in [3.63, 3.8) is 0 Å². The molecule has 0 aliphatic carbocycles. The Morgan fingerprint density at radius 1 is 1.13 bits per heavy atom. The molecule has 0 radical (unpaired) electrons. The van der Waals surface area contributed by atoms with Crippen LogP contribution in [0, 0.1) is 0 Å². The number of nitrogens with two attached hydrogens (primary N) is 3. The van der Waals surface area contributed by atoms with Crippen LogP contribution in [-0.4, -0.2) is 28.1 Å². The number of hydrogen-bond donors (Lipinski definition) is 4. The Hall–Kier alpha value is -3.86. The summed E-state index contributed by atoms with van der Waals surface area (Å²) >= 11 is 0. The van der Waals surface area contributed by atoms with E-state index in [0.29, 0.717) is 22.8 Å². The van der Waals surface area contributed by atoms with E-state index in [-0.39, 0.29) is 6.54 Å². The molecule has 30 heavy (non-hydrogen) atoms. The van der Waals surface area contributed by atoms with Crippen LogP contribution in [0.25, 0.3) is 22.6 Å². The van der Waals surface area contributed by atoms with Gasteiger partial charge >= 0.3 is 12.1 Å². The number of pyridine rings is 1. The van der Waals surface area contributed by atoms with Gasteiger partial charge in [-0.15, -0.1) is 0 Å². The lowest BCUT2D eigenvalue weighted by Gasteiger charge is -2.11. The van der Waals surface area contributed by atoms with E-state index in [1.807, 2.05) is 12.1 Å². The van der Waals surface area contributed by atoms with Gasteiger partial charge in [-0.25, -0.2) is 9.78 Å². The van der Waals surface area contributed by atoms with Crippen molar-refractivity contribution in [1.29, 1.82) is 0 Å². The van der Waals surface area contributed by atoms with Crippen molar-refractivity contribution < 1.29 is 32.3 Å². The van der Waals surface area contributed by atoms with Gasteiger partial charge in [0.15, 0.2) is 0 Å². The first kappa shape index (κ1) is 22.4. The molecule has 0 unspecified atom stereocenters. The van der Waals surface area contributed by atoms with Crippen LogP contribution in [0.2, 0.25) is 0 Å². The number of primary amides is 1. The molecule has 7 N–H and O–H groups in total. The van der Waals surface area contributed by atoms with Gasteiger partial charge in [0.25, 0.3) is 0 Å². The van der Waals surface area contributed by atoms with Crippen molar-refractivity contribution in [1.82, 2.24) is 4.98 Å². The number of nitrogen functional groups attached to an aromatic ring is 1. The van der Waals surface area contributed by atoms with Gasteiger partial charge in [0.05, 0.1) is 12.0 Å². The third-order valence-electron chi connectivity index (χ3n) is 3.85. The number of anilines is 1. The lowest BCUT2D eigenvalue weighted by molar-refractivity contribution is -0.192. The number of furan rings is 1. The Morgan fingerprint density at radius 3 is 2.17 bits per heavy atom. The van der Waals surface area contributed by atoms with Crippen LogP contribution in [-0.2, 0) is 11.3 Å². The van der Waals surface area contributed by atoms with Crippen LogP contribution in [0.1, 0.15) is 15.9 Å². The van der Waals surface area contributed by atoms with Crippen LogP contribution < -0.4 is 17.2 Å². The second kappa shape index (κ2) is 9.09. The summed E-state index contributed by atoms with van der Waals surface area (Å²) in [6, 6.07) is 12.4. The minimum atomic E-state index is -5.08. The van der Waals surface area contributed by atoms with Gasteiger partial charge in [-0.3, -0.25) is 4.79 Å². The highest BCUT2D eigenvalue weighted by molar-refractivity contribution is 5.93. The van der Waals surface area contributed by atoms with E-state index in [1.165, 1.54) is 0 Å². The summed E-state index contributed by atoms with van der Waals surface area (Å²) < 4.78 is 37.2. The molecule has 0 aliphatic heterocycles. The number of carbonyl (C=O) groups excluding carboxylic acids is 1. The third-order valence-corrected chi connectivity index (χ3v) is 3.85. The lowest BCUT2D eigenvalue weighted by atomic mass is 10.0. The maximum absolute atomic E-state index is 11.2. The fourth-order valence-corrected chi connectivity index (χ4v) is 2.41. The Kier molecular flexibility index (Phi) is 6.80. The summed E-state index contributed by atoms with van der Waals surface area (Å²) in [6.45, 7) is 0.260. The van der Waals surface area contributed by atoms with Gasteiger partial charge < -0.3 is 26.7 Å². The predicted octanol–water partition coefficient (Wildman–Crippen LogP) is 2.78. The zero-order valence-corrected chi connectivity index (χ0v) is 15.3. The van der Waals surface area contributed by atoms with Crippen LogP contribution in [0.15, 0.2) is 53.1 Å². The Labute approximate surface area is 168 Å². The molecule has 0 saturated heterocycles. The van der Waals surface area contributed by atoms with Crippen LogP contribution in [0.4, 0.5) is 19.0 Å². The number of amides is 1. The maximum atomic E-state index is 11.2. The zero-order chi connectivity index (χ0) is 22.5. The molecular weight excluding hydrogens is 405 g/mol. The summed E-state index contributed by atoms with van der Waals surface area (Å²) in [5, 5.41) is 7.12. The first-order valence-corrected chi connectivity index (χ1v) is 8.28. The van der Waals surface area contributed by atoms with Crippen molar-refractivity contribution in [2.24, 2.45) is 11.5 Å². The molecule has 2 aromatic heterocycles. The molecule has 158 valence electrons. The average molecular weight is 422 g/mol. The number of aromatic nitrogens is 1. The topological polar surface area (TPSA) is 158 Å². The number of carboxylic acid groups (broad SMARTS) is 1. The van der Waals surface area contributed by atoms with Crippen molar-refractivity contribution in [3.8, 4) is 22.6 Å². The second-order valence-electron chi connectivity index (χ2n) is 5.84. The van der Waals surface area contributed by atoms with E-state index < -0.39 is 18.1 Å². The van der Waals surface area contributed by atoms with Crippen LogP contribution in [0.5, 0.6) is 0 Å². The van der Waals surface area contributed by atoms with E-state index in [9.17, 15) is 18.0 Å². The number of carbonyl (C=O) groups is 2. The number of nitrogens with zero attached hydrogens (tertiary/aromatic N) is 1. The second-order valence-corrected chi connectivity index (χ2v) is 5.84. The van der Waals surface area contributed by atoms with Crippen molar-refractivity contribution in [2.45, 2.75) is 12.7 Å². The number of alkyl halides is 3. The first-order chi connectivity index (χ1) is 14.0. The van der Waals surface area contributed by atoms with Gasteiger partial charge in [-0.1, -0.05) is 12.1 Å². The summed E-state index contributed by atoms with van der Waals surface area (Å²) in [6.07, 6.45) is -3.49. The molecule has 8 nitrogen and oxygen atoms in total. The van der Waals surface area contributed by atoms with Gasteiger partial charge in [-0.2, -0.15) is 13.2 Å². The molecule has 0 fully saturated rings. The highest BCUT2D eigenvalue weighted by Crippen LogP contribution is 2.31. The molecule has 3 rings (SSSR count). The summed E-state index contributed by atoms with van der Waals surface area (Å²) in [5.41, 5.74) is 20.5. The van der Waals surface area contributed by atoms with Gasteiger partial charge in [0.2, 0.25) is 5.91 Å². The Bertz CT molecular complexity index is 1030. The molecule has 0 spiro atoms. The lowest BCUT2D eigenvalue weighted by Crippen LogP contribution is -2.21. The Balaban J connectivity index is 0.000000396. The zero-order valence-electron chi connectivity index (χ0n) is 15.3. The molecule has 0 aliphatic rings. The molecular formula is C19H17F3N4O4. The molecule has 3 aromatic rings. The molecule has 1 amide bonds. The third kappa shape index (κ3) is 5.35. The molecule has 11 heteroatoms. The van der Waals surface area contributed by atoms with Crippen molar-refractivity contribution in [3.05, 3.63) is 59.9 Å². The number of carboxylic acids is 1. The number of halogens is 3. The average Bonchev–Trinajstić information content (AvgIpc) is 3.22. The molecule has 0 bridgehead atoms. The van der Waals surface area contributed by atoms with E-state index in [0.717, 1.165) is 16.7 Å². The van der Waals surface area contributed by atoms with Crippen LogP contribution >= 0.6 is 0 Å². The van der Waals surface area contributed by atoms with Crippen molar-refractivity contribution in [2.75, 3.05) is 5.73 Å². The van der Waals surface area contributed by atoms with E-state index in [4.69, 9.17) is 31.5 Å². The standard InChI is InChI=1S/C17H16N4O2.C2HF3O2/c18-9-13-12(15-2-1-7-23-15)8-14(21-16(13)19)10-3-5-11(6-4-10)17(20)22;3-2(4,5)1(6)7/h1-8H,9,18H2,(H2,19,21)(H2,20,22);(H,6,7). The normalized spacial score (nSPS) is 10.8. The highest BCUT2D eigenvalue weighted by atomic mass is 19.4. The summed E-state index contributed by atoms with van der Waals surface area (Å²) in [4.78, 5) is 24.5. The Morgan fingerprint density at radius 2 is 1.73 bits per heavy atom. The van der Waals surface area contributed by atoms with E-state index >= 15 is 0 Å². The summed E-state index contributed by atoms with van der Waals surface area (Å²) in [5.74, 6) is -2.20. The van der Waals surface area contributed by atoms with Gasteiger partial charge in [0, 0.05) is 28.8 Å². The molecule has 0 atom stereocenters. The van der Waals surface area contributed by atoms with E-state index in [2.05, 4.69) is 4.98 Å². The molecule has 2 heterocycles. The van der Waals surface area contributed by atoms with Gasteiger partial charge in [0.1, 0.15) is 11.6 Å². The summed E-state index contributed by atoms with van der Waals surface area (Å²) in [7, 11) is 0. The van der Waals surface area contributed by atoms with Crippen molar-refractivity contribution >= 4 is 17.7 Å². The fraction of sp³-hybridized carbons (Fsp3) is 0.105. The minimum absolute atomic E-state index is 0.260. The predicted molar refractivity (Wildman–Crippen MR) is 102 cm³/mol. The quantitative estimate of drug-likeness (QED) is 0.503. The highest BCUT2D eigenvalue weighted by Gasteiger charge is 2.38. The number of benzene rings is 1. The number of aliphatic carboxylic acids is 1. The van der Waals surface area contributed by atoms with Gasteiger partial charge in [-0.05, 0) is 30.3 Å². The van der Waals surface area contributed by atoms with Crippen LogP contribution in [0.3, 0.4) is 0 Å². The van der Waals surface area contributed by atoms with E-state index in [1.54, 1.807) is 36.6 Å². The molecule has 0 saturated carbocycles. The molecule has 1 aromatic carbocycles. The number of rotatable bonds is 4. The SMILES string of the molecule is NCc1c(-c2ccco2)cc(-c2ccc(C(N)=O)cc2)nc1N.O=C(O)C(F)(F)F. The minimum Gasteiger partial charge on any atom is -0.475 e. The fourth-order valence-electron chi connectivity index (χ4n) is 2.41. The maximum Gasteiger partial charge on any atom is 0.490 e. The monoisotopic (exact) mass is 422 g/mol.